The molecule has 38 heavy (non-hydrogen) atoms. The van der Waals surface area contributed by atoms with Gasteiger partial charge in [-0.2, -0.15) is 9.78 Å². The molecule has 2 amide bonds. The Kier molecular flexibility index (Phi) is 5.95. The van der Waals surface area contributed by atoms with Crippen LogP contribution in [0.25, 0.3) is 11.3 Å². The SMILES string of the molecule is Cc1ccc(CNC(=O)n2nc(-c3cc(NC(=O)c4ccc5c(c4)OCO5)ccc3O)cc2C2CC2)cc1. The molecule has 2 heterocycles. The first-order valence-electron chi connectivity index (χ1n) is 12.4. The van der Waals surface area contributed by atoms with E-state index in [1.807, 2.05) is 37.3 Å². The number of nitrogens with one attached hydrogen (secondary N) is 2. The number of rotatable bonds is 6. The quantitative estimate of drug-likeness (QED) is 0.308. The van der Waals surface area contributed by atoms with Crippen molar-refractivity contribution in [2.75, 3.05) is 12.1 Å². The molecule has 9 nitrogen and oxygen atoms in total. The van der Waals surface area contributed by atoms with E-state index in [1.165, 1.54) is 10.7 Å². The van der Waals surface area contributed by atoms with Crippen LogP contribution >= 0.6 is 0 Å². The predicted octanol–water partition coefficient (Wildman–Crippen LogP) is 5.18. The number of fused-ring (bicyclic) bond motifs is 1. The molecule has 1 aromatic heterocycles. The van der Waals surface area contributed by atoms with Crippen LogP contribution in [-0.4, -0.2) is 33.6 Å². The lowest BCUT2D eigenvalue weighted by Gasteiger charge is -2.09. The second kappa shape index (κ2) is 9.59. The lowest BCUT2D eigenvalue weighted by molar-refractivity contribution is 0.102. The van der Waals surface area contributed by atoms with Gasteiger partial charge in [-0.15, -0.1) is 0 Å². The molecule has 0 bridgehead atoms. The van der Waals surface area contributed by atoms with Crippen molar-refractivity contribution in [3.63, 3.8) is 0 Å². The van der Waals surface area contributed by atoms with Gasteiger partial charge in [0.15, 0.2) is 11.5 Å². The zero-order chi connectivity index (χ0) is 26.2. The van der Waals surface area contributed by atoms with Crippen LogP contribution in [0.3, 0.4) is 0 Å². The van der Waals surface area contributed by atoms with Gasteiger partial charge in [-0.05, 0) is 67.8 Å². The summed E-state index contributed by atoms with van der Waals surface area (Å²) in [6, 6.07) is 19.2. The van der Waals surface area contributed by atoms with Gasteiger partial charge in [0, 0.05) is 29.3 Å². The third-order valence-electron chi connectivity index (χ3n) is 6.65. The number of aryl methyl sites for hydroxylation is 1. The predicted molar refractivity (Wildman–Crippen MR) is 141 cm³/mol. The van der Waals surface area contributed by atoms with Crippen molar-refractivity contribution >= 4 is 17.6 Å². The average Bonchev–Trinajstić information content (AvgIpc) is 3.49. The largest absolute Gasteiger partial charge is 0.507 e. The van der Waals surface area contributed by atoms with E-state index in [-0.39, 0.29) is 30.4 Å². The number of nitrogens with zero attached hydrogens (tertiary/aromatic N) is 2. The maximum Gasteiger partial charge on any atom is 0.342 e. The third-order valence-corrected chi connectivity index (χ3v) is 6.65. The van der Waals surface area contributed by atoms with Gasteiger partial charge in [-0.1, -0.05) is 29.8 Å². The Morgan fingerprint density at radius 1 is 1.00 bits per heavy atom. The van der Waals surface area contributed by atoms with Gasteiger partial charge in [0.05, 0.1) is 11.4 Å². The molecular formula is C29H26N4O5. The van der Waals surface area contributed by atoms with E-state index in [9.17, 15) is 14.7 Å². The number of hydrogen-bond donors (Lipinski definition) is 3. The minimum Gasteiger partial charge on any atom is -0.507 e. The fourth-order valence-corrected chi connectivity index (χ4v) is 4.38. The van der Waals surface area contributed by atoms with Gasteiger partial charge in [0.1, 0.15) is 5.75 Å². The van der Waals surface area contributed by atoms with Crippen LogP contribution in [0, 0.1) is 6.92 Å². The molecule has 2 aliphatic rings. The number of carbonyl (C=O) groups is 2. The average molecular weight is 511 g/mol. The van der Waals surface area contributed by atoms with E-state index in [0.717, 1.165) is 29.7 Å². The van der Waals surface area contributed by atoms with E-state index < -0.39 is 0 Å². The molecule has 1 aliphatic carbocycles. The third kappa shape index (κ3) is 4.78. The summed E-state index contributed by atoms with van der Waals surface area (Å²) in [6.07, 6.45) is 1.96. The highest BCUT2D eigenvalue weighted by molar-refractivity contribution is 6.05. The molecule has 3 aromatic carbocycles. The minimum absolute atomic E-state index is 0.00172. The molecular weight excluding hydrogens is 484 g/mol. The Morgan fingerprint density at radius 3 is 2.58 bits per heavy atom. The highest BCUT2D eigenvalue weighted by Gasteiger charge is 2.31. The highest BCUT2D eigenvalue weighted by atomic mass is 16.7. The molecule has 4 aromatic rings. The lowest BCUT2D eigenvalue weighted by Crippen LogP contribution is -2.30. The van der Waals surface area contributed by atoms with Gasteiger partial charge in [-0.25, -0.2) is 4.79 Å². The first kappa shape index (κ1) is 23.6. The fourth-order valence-electron chi connectivity index (χ4n) is 4.38. The van der Waals surface area contributed by atoms with Crippen LogP contribution in [0.5, 0.6) is 17.2 Å². The van der Waals surface area contributed by atoms with Gasteiger partial charge < -0.3 is 25.2 Å². The lowest BCUT2D eigenvalue weighted by atomic mass is 10.1. The number of aromatic hydroxyl groups is 1. The van der Waals surface area contributed by atoms with Gasteiger partial charge in [0.2, 0.25) is 6.79 Å². The molecule has 0 atom stereocenters. The van der Waals surface area contributed by atoms with Crippen molar-refractivity contribution < 1.29 is 24.2 Å². The van der Waals surface area contributed by atoms with Crippen LogP contribution in [-0.2, 0) is 6.54 Å². The van der Waals surface area contributed by atoms with Crippen LogP contribution < -0.4 is 20.1 Å². The van der Waals surface area contributed by atoms with E-state index in [2.05, 4.69) is 15.7 Å². The molecule has 1 saturated carbocycles. The van der Waals surface area contributed by atoms with Crippen LogP contribution in [0.1, 0.15) is 45.9 Å². The zero-order valence-electron chi connectivity index (χ0n) is 20.7. The topological polar surface area (TPSA) is 115 Å². The van der Waals surface area contributed by atoms with E-state index in [0.29, 0.717) is 40.6 Å². The maximum atomic E-state index is 13.1. The number of amides is 2. The monoisotopic (exact) mass is 510 g/mol. The summed E-state index contributed by atoms with van der Waals surface area (Å²) in [5.41, 5.74) is 4.71. The first-order chi connectivity index (χ1) is 18.4. The number of anilines is 1. The number of benzene rings is 3. The minimum atomic E-state index is -0.334. The summed E-state index contributed by atoms with van der Waals surface area (Å²) >= 11 is 0. The molecule has 0 unspecified atom stereocenters. The van der Waals surface area contributed by atoms with Crippen molar-refractivity contribution in [1.82, 2.24) is 15.1 Å². The van der Waals surface area contributed by atoms with Crippen molar-refractivity contribution in [2.45, 2.75) is 32.2 Å². The molecule has 3 N–H and O–H groups in total. The van der Waals surface area contributed by atoms with E-state index in [1.54, 1.807) is 30.3 Å². The summed E-state index contributed by atoms with van der Waals surface area (Å²) in [4.78, 5) is 25.9. The smallest absolute Gasteiger partial charge is 0.342 e. The number of phenolic OH excluding ortho intramolecular Hbond substituents is 1. The second-order valence-electron chi connectivity index (χ2n) is 9.54. The number of hydrogen-bond acceptors (Lipinski definition) is 6. The van der Waals surface area contributed by atoms with E-state index >= 15 is 0 Å². The molecule has 0 saturated heterocycles. The first-order valence-corrected chi connectivity index (χ1v) is 12.4. The summed E-state index contributed by atoms with van der Waals surface area (Å²) in [6.45, 7) is 2.52. The Balaban J connectivity index is 1.23. The normalized spacial score (nSPS) is 13.8. The number of carbonyl (C=O) groups excluding carboxylic acids is 2. The summed E-state index contributed by atoms with van der Waals surface area (Å²) in [5.74, 6) is 1.02. The fraction of sp³-hybridized carbons (Fsp3) is 0.207. The van der Waals surface area contributed by atoms with Gasteiger partial charge in [0.25, 0.3) is 5.91 Å². The van der Waals surface area contributed by atoms with Crippen molar-refractivity contribution in [2.24, 2.45) is 0 Å². The Bertz CT molecular complexity index is 1540. The summed E-state index contributed by atoms with van der Waals surface area (Å²) in [7, 11) is 0. The molecule has 0 radical (unpaired) electrons. The number of aromatic nitrogens is 2. The second-order valence-corrected chi connectivity index (χ2v) is 9.54. The van der Waals surface area contributed by atoms with Gasteiger partial charge >= 0.3 is 6.03 Å². The van der Waals surface area contributed by atoms with Crippen molar-refractivity contribution in [3.8, 4) is 28.5 Å². The highest BCUT2D eigenvalue weighted by Crippen LogP contribution is 2.42. The van der Waals surface area contributed by atoms with E-state index in [4.69, 9.17) is 9.47 Å². The standard InChI is InChI=1S/C29H26N4O5/c1-17-2-4-18(5-3-17)15-30-29(36)33-24(19-6-7-19)14-23(32-33)22-13-21(9-10-25(22)34)31-28(35)20-8-11-26-27(12-20)38-16-37-26/h2-5,8-14,19,34H,6-7,15-16H2,1H3,(H,30,36)(H,31,35). The molecule has 1 aliphatic heterocycles. The molecule has 192 valence electrons. The van der Waals surface area contributed by atoms with Crippen molar-refractivity contribution in [1.29, 1.82) is 0 Å². The number of ether oxygens (including phenoxy) is 2. The van der Waals surface area contributed by atoms with Crippen LogP contribution in [0.4, 0.5) is 10.5 Å². The van der Waals surface area contributed by atoms with Crippen LogP contribution in [0.2, 0.25) is 0 Å². The zero-order valence-corrected chi connectivity index (χ0v) is 20.7. The molecule has 6 rings (SSSR count). The molecule has 9 heteroatoms. The van der Waals surface area contributed by atoms with Gasteiger partial charge in [-0.3, -0.25) is 4.79 Å². The summed E-state index contributed by atoms with van der Waals surface area (Å²) < 4.78 is 12.0. The summed E-state index contributed by atoms with van der Waals surface area (Å²) in [5, 5.41) is 20.9. The number of phenols is 1. The Labute approximate surface area is 219 Å². The Hall–Kier alpha value is -4.79. The molecule has 1 fully saturated rings. The Morgan fingerprint density at radius 2 is 1.79 bits per heavy atom. The van der Waals surface area contributed by atoms with Crippen LogP contribution in [0.15, 0.2) is 66.7 Å². The molecule has 0 spiro atoms. The maximum absolute atomic E-state index is 13.1. The van der Waals surface area contributed by atoms with Crippen molar-refractivity contribution in [3.05, 3.63) is 89.1 Å².